The first-order chi connectivity index (χ1) is 6.11. The van der Waals surface area contributed by atoms with E-state index in [4.69, 9.17) is 5.26 Å². The first-order valence-electron chi connectivity index (χ1n) is 4.94. The number of likely N-dealkylation sites (tertiary alicyclic amines) is 1. The van der Waals surface area contributed by atoms with Gasteiger partial charge in [-0.3, -0.25) is 4.90 Å². The molecule has 1 fully saturated rings. The summed E-state index contributed by atoms with van der Waals surface area (Å²) >= 11 is 0. The Balaban J connectivity index is 2.45. The zero-order valence-electron chi connectivity index (χ0n) is 8.45. The third-order valence-electron chi connectivity index (χ3n) is 3.03. The molecule has 0 spiro atoms. The standard InChI is InChI=1S/C10H18N2O/c1-3-10(13)5-7-12(8-10)9(2)4-6-11/h9,13H,3-5,7-8H2,1-2H3. The lowest BCUT2D eigenvalue weighted by molar-refractivity contribution is 0.0412. The molecule has 0 aromatic heterocycles. The molecule has 0 aromatic rings. The molecule has 3 nitrogen and oxygen atoms in total. The van der Waals surface area contributed by atoms with Crippen molar-refractivity contribution < 1.29 is 5.11 Å². The molecule has 1 aliphatic heterocycles. The monoisotopic (exact) mass is 182 g/mol. The minimum absolute atomic E-state index is 0.283. The van der Waals surface area contributed by atoms with Crippen LogP contribution in [0.25, 0.3) is 0 Å². The van der Waals surface area contributed by atoms with Gasteiger partial charge in [0, 0.05) is 19.1 Å². The minimum atomic E-state index is -0.496. The van der Waals surface area contributed by atoms with Crippen LogP contribution in [-0.2, 0) is 0 Å². The van der Waals surface area contributed by atoms with E-state index in [1.54, 1.807) is 0 Å². The van der Waals surface area contributed by atoms with E-state index >= 15 is 0 Å². The molecule has 0 saturated carbocycles. The molecule has 13 heavy (non-hydrogen) atoms. The van der Waals surface area contributed by atoms with Crippen molar-refractivity contribution in [3.63, 3.8) is 0 Å². The van der Waals surface area contributed by atoms with Crippen LogP contribution in [0, 0.1) is 11.3 Å². The molecule has 0 aliphatic carbocycles. The van der Waals surface area contributed by atoms with Gasteiger partial charge in [-0.15, -0.1) is 0 Å². The smallest absolute Gasteiger partial charge is 0.0783 e. The summed E-state index contributed by atoms with van der Waals surface area (Å²) in [4.78, 5) is 2.20. The Morgan fingerprint density at radius 2 is 2.38 bits per heavy atom. The molecule has 2 unspecified atom stereocenters. The molecule has 1 aliphatic rings. The third-order valence-corrected chi connectivity index (χ3v) is 3.03. The van der Waals surface area contributed by atoms with Crippen LogP contribution in [0.4, 0.5) is 0 Å². The van der Waals surface area contributed by atoms with E-state index in [-0.39, 0.29) is 6.04 Å². The Kier molecular flexibility index (Phi) is 3.29. The SMILES string of the molecule is CCC1(O)CCN(C(C)CC#N)C1. The number of aliphatic hydroxyl groups is 1. The van der Waals surface area contributed by atoms with Gasteiger partial charge in [-0.2, -0.15) is 5.26 Å². The molecule has 0 radical (unpaired) electrons. The topological polar surface area (TPSA) is 47.3 Å². The predicted molar refractivity (Wildman–Crippen MR) is 51.1 cm³/mol. The molecule has 1 heterocycles. The first kappa shape index (κ1) is 10.5. The van der Waals surface area contributed by atoms with Crippen molar-refractivity contribution in [3.05, 3.63) is 0 Å². The van der Waals surface area contributed by atoms with E-state index in [1.165, 1.54) is 0 Å². The summed E-state index contributed by atoms with van der Waals surface area (Å²) in [5.41, 5.74) is -0.496. The van der Waals surface area contributed by atoms with Gasteiger partial charge in [-0.25, -0.2) is 0 Å². The second kappa shape index (κ2) is 4.08. The van der Waals surface area contributed by atoms with Crippen LogP contribution < -0.4 is 0 Å². The Hall–Kier alpha value is -0.590. The van der Waals surface area contributed by atoms with E-state index in [9.17, 15) is 5.11 Å². The number of nitrogens with zero attached hydrogens (tertiary/aromatic N) is 2. The van der Waals surface area contributed by atoms with Crippen LogP contribution in [0.5, 0.6) is 0 Å². The number of rotatable bonds is 3. The summed E-state index contributed by atoms with van der Waals surface area (Å²) in [5, 5.41) is 18.5. The number of hydrogen-bond donors (Lipinski definition) is 1. The van der Waals surface area contributed by atoms with Gasteiger partial charge in [-0.1, -0.05) is 6.92 Å². The summed E-state index contributed by atoms with van der Waals surface area (Å²) in [5.74, 6) is 0. The van der Waals surface area contributed by atoms with Crippen LogP contribution >= 0.6 is 0 Å². The van der Waals surface area contributed by atoms with Gasteiger partial charge in [0.25, 0.3) is 0 Å². The molecule has 2 atom stereocenters. The van der Waals surface area contributed by atoms with Crippen molar-refractivity contribution in [2.75, 3.05) is 13.1 Å². The largest absolute Gasteiger partial charge is 0.389 e. The summed E-state index contributed by atoms with van der Waals surface area (Å²) in [6.07, 6.45) is 2.21. The van der Waals surface area contributed by atoms with Gasteiger partial charge in [0.15, 0.2) is 0 Å². The molecule has 3 heteroatoms. The predicted octanol–water partition coefficient (Wildman–Crippen LogP) is 1.14. The Morgan fingerprint density at radius 3 is 2.85 bits per heavy atom. The lowest BCUT2D eigenvalue weighted by Gasteiger charge is -2.25. The zero-order chi connectivity index (χ0) is 9.90. The van der Waals surface area contributed by atoms with Crippen LogP contribution in [0.15, 0.2) is 0 Å². The van der Waals surface area contributed by atoms with E-state index in [1.807, 2.05) is 13.8 Å². The fourth-order valence-electron chi connectivity index (χ4n) is 1.81. The normalized spacial score (nSPS) is 31.5. The first-order valence-corrected chi connectivity index (χ1v) is 4.94. The van der Waals surface area contributed by atoms with Crippen LogP contribution in [0.1, 0.15) is 33.1 Å². The Labute approximate surface area is 80.0 Å². The van der Waals surface area contributed by atoms with Gasteiger partial charge in [-0.05, 0) is 19.8 Å². The van der Waals surface area contributed by atoms with Crippen LogP contribution in [0.3, 0.4) is 0 Å². The maximum Gasteiger partial charge on any atom is 0.0783 e. The highest BCUT2D eigenvalue weighted by atomic mass is 16.3. The lowest BCUT2D eigenvalue weighted by atomic mass is 10.0. The maximum absolute atomic E-state index is 9.96. The molecule has 0 bridgehead atoms. The van der Waals surface area contributed by atoms with Gasteiger partial charge >= 0.3 is 0 Å². The van der Waals surface area contributed by atoms with Crippen molar-refractivity contribution in [1.29, 1.82) is 5.26 Å². The molecule has 0 aromatic carbocycles. The summed E-state index contributed by atoms with van der Waals surface area (Å²) in [6.45, 7) is 5.71. The van der Waals surface area contributed by atoms with Crippen LogP contribution in [0.2, 0.25) is 0 Å². The van der Waals surface area contributed by atoms with E-state index in [0.29, 0.717) is 6.42 Å². The number of β-amino-alcohol motifs (C(OH)–C–C–N with tert-alkyl or cyclic N) is 1. The fourth-order valence-corrected chi connectivity index (χ4v) is 1.81. The average Bonchev–Trinajstić information content (AvgIpc) is 2.50. The highest BCUT2D eigenvalue weighted by Gasteiger charge is 2.35. The van der Waals surface area contributed by atoms with Crippen LogP contribution in [-0.4, -0.2) is 34.7 Å². The minimum Gasteiger partial charge on any atom is -0.389 e. The summed E-state index contributed by atoms with van der Waals surface area (Å²) in [6, 6.07) is 2.45. The van der Waals surface area contributed by atoms with E-state index < -0.39 is 5.60 Å². The van der Waals surface area contributed by atoms with Crippen molar-refractivity contribution in [3.8, 4) is 6.07 Å². The molecule has 1 saturated heterocycles. The molecule has 74 valence electrons. The van der Waals surface area contributed by atoms with Gasteiger partial charge in [0.1, 0.15) is 0 Å². The molecular weight excluding hydrogens is 164 g/mol. The Morgan fingerprint density at radius 1 is 1.69 bits per heavy atom. The zero-order valence-corrected chi connectivity index (χ0v) is 8.45. The number of nitriles is 1. The summed E-state index contributed by atoms with van der Waals surface area (Å²) < 4.78 is 0. The molecular formula is C10H18N2O. The molecule has 1 N–H and O–H groups in total. The van der Waals surface area contributed by atoms with Gasteiger partial charge < -0.3 is 5.11 Å². The second-order valence-corrected chi connectivity index (χ2v) is 4.01. The van der Waals surface area contributed by atoms with E-state index in [0.717, 1.165) is 25.9 Å². The highest BCUT2D eigenvalue weighted by molar-refractivity contribution is 4.92. The quantitative estimate of drug-likeness (QED) is 0.712. The van der Waals surface area contributed by atoms with E-state index in [2.05, 4.69) is 11.0 Å². The van der Waals surface area contributed by atoms with Crippen molar-refractivity contribution in [2.45, 2.75) is 44.8 Å². The fraction of sp³-hybridized carbons (Fsp3) is 0.900. The lowest BCUT2D eigenvalue weighted by Crippen LogP contribution is -2.36. The highest BCUT2D eigenvalue weighted by Crippen LogP contribution is 2.26. The number of hydrogen-bond acceptors (Lipinski definition) is 3. The summed E-state index contributed by atoms with van der Waals surface area (Å²) in [7, 11) is 0. The average molecular weight is 182 g/mol. The maximum atomic E-state index is 9.96. The molecule has 1 rings (SSSR count). The van der Waals surface area contributed by atoms with Gasteiger partial charge in [0.2, 0.25) is 0 Å². The Bertz CT molecular complexity index is 211. The van der Waals surface area contributed by atoms with Crippen molar-refractivity contribution >= 4 is 0 Å². The van der Waals surface area contributed by atoms with Crippen molar-refractivity contribution in [1.82, 2.24) is 4.90 Å². The second-order valence-electron chi connectivity index (χ2n) is 4.01. The third kappa shape index (κ3) is 2.43. The molecule has 0 amide bonds. The van der Waals surface area contributed by atoms with Gasteiger partial charge in [0.05, 0.1) is 18.1 Å². The van der Waals surface area contributed by atoms with Crippen molar-refractivity contribution in [2.24, 2.45) is 0 Å².